The molecule has 2 amide bonds. The highest BCUT2D eigenvalue weighted by atomic mass is 16.6. The number of carbonyl (C=O) groups is 2. The number of carbonyl (C=O) groups excluding carboxylic acids is 2. The summed E-state index contributed by atoms with van der Waals surface area (Å²) in [5, 5.41) is 12.8. The van der Waals surface area contributed by atoms with Crippen LogP contribution in [-0.4, -0.2) is 28.3 Å². The summed E-state index contributed by atoms with van der Waals surface area (Å²) in [5.41, 5.74) is 1.51. The number of alkyl carbamates (subject to hydrolysis) is 1. The van der Waals surface area contributed by atoms with Gasteiger partial charge in [-0.1, -0.05) is 51.1 Å². The molecule has 3 N–H and O–H groups in total. The predicted molar refractivity (Wildman–Crippen MR) is 107 cm³/mol. The zero-order chi connectivity index (χ0) is 20.3. The fraction of sp³-hybridized carbons (Fsp3) is 0.476. The Morgan fingerprint density at radius 2 is 1.89 bits per heavy atom. The summed E-state index contributed by atoms with van der Waals surface area (Å²) < 4.78 is 5.49. The molecule has 28 heavy (non-hydrogen) atoms. The molecule has 1 fully saturated rings. The van der Waals surface area contributed by atoms with Crippen molar-refractivity contribution in [1.82, 2.24) is 15.5 Å². The molecule has 7 nitrogen and oxygen atoms in total. The smallest absolute Gasteiger partial charge is 0.407 e. The molecule has 1 saturated carbocycles. The number of rotatable bonds is 5. The number of hydrogen-bond donors (Lipinski definition) is 3. The third-order valence-corrected chi connectivity index (χ3v) is 4.96. The lowest BCUT2D eigenvalue weighted by atomic mass is 9.80. The van der Waals surface area contributed by atoms with Gasteiger partial charge in [-0.2, -0.15) is 5.10 Å². The average molecular weight is 384 g/mol. The number of ether oxygens (including phenoxy) is 1. The van der Waals surface area contributed by atoms with Crippen molar-refractivity contribution in [2.24, 2.45) is 5.41 Å². The van der Waals surface area contributed by atoms with Gasteiger partial charge in [0.15, 0.2) is 5.82 Å². The summed E-state index contributed by atoms with van der Waals surface area (Å²) in [6.07, 6.45) is 0.968. The lowest BCUT2D eigenvalue weighted by Crippen LogP contribution is -2.37. The van der Waals surface area contributed by atoms with E-state index in [1.807, 2.05) is 64.1 Å². The minimum absolute atomic E-state index is 0.0791. The van der Waals surface area contributed by atoms with Crippen LogP contribution in [-0.2, 0) is 9.53 Å². The van der Waals surface area contributed by atoms with Crippen LogP contribution in [0.2, 0.25) is 0 Å². The van der Waals surface area contributed by atoms with Gasteiger partial charge in [0.25, 0.3) is 0 Å². The Hall–Kier alpha value is -2.83. The Labute approximate surface area is 165 Å². The lowest BCUT2D eigenvalue weighted by Gasteiger charge is -2.34. The van der Waals surface area contributed by atoms with E-state index in [0.717, 1.165) is 24.1 Å². The third-order valence-electron chi connectivity index (χ3n) is 4.96. The van der Waals surface area contributed by atoms with Crippen LogP contribution in [0.25, 0.3) is 0 Å². The first-order valence-corrected chi connectivity index (χ1v) is 9.61. The molecule has 0 unspecified atom stereocenters. The van der Waals surface area contributed by atoms with E-state index in [9.17, 15) is 9.59 Å². The number of H-pyrrole nitrogens is 1. The van der Waals surface area contributed by atoms with E-state index in [1.165, 1.54) is 0 Å². The maximum absolute atomic E-state index is 12.1. The Balaban J connectivity index is 1.43. The topological polar surface area (TPSA) is 96.1 Å². The second-order valence-corrected chi connectivity index (χ2v) is 8.39. The van der Waals surface area contributed by atoms with E-state index in [2.05, 4.69) is 20.8 Å². The quantitative estimate of drug-likeness (QED) is 0.722. The average Bonchev–Trinajstić information content (AvgIpc) is 3.05. The van der Waals surface area contributed by atoms with Gasteiger partial charge in [0, 0.05) is 23.1 Å². The second-order valence-electron chi connectivity index (χ2n) is 8.39. The molecular weight excluding hydrogens is 356 g/mol. The van der Waals surface area contributed by atoms with Crippen molar-refractivity contribution in [3.05, 3.63) is 47.7 Å². The van der Waals surface area contributed by atoms with Crippen LogP contribution in [0.15, 0.2) is 36.4 Å². The highest BCUT2D eigenvalue weighted by Crippen LogP contribution is 2.38. The Kier molecular flexibility index (Phi) is 5.72. The first kappa shape index (κ1) is 19.9. The van der Waals surface area contributed by atoms with Gasteiger partial charge in [-0.3, -0.25) is 9.89 Å². The SMILES string of the molecule is C[C@@H](NC(=O)OC1CC(c2cc(NC(=O)C(C)(C)C)n[nH]2)C1)c1ccccc1. The van der Waals surface area contributed by atoms with Crippen LogP contribution in [0, 0.1) is 5.41 Å². The maximum atomic E-state index is 12.1. The van der Waals surface area contributed by atoms with Crippen LogP contribution in [0.1, 0.15) is 63.8 Å². The zero-order valence-electron chi connectivity index (χ0n) is 16.8. The molecule has 0 saturated heterocycles. The van der Waals surface area contributed by atoms with Crippen molar-refractivity contribution >= 4 is 17.8 Å². The molecule has 0 radical (unpaired) electrons. The van der Waals surface area contributed by atoms with Crippen LogP contribution >= 0.6 is 0 Å². The number of nitrogens with one attached hydrogen (secondary N) is 3. The largest absolute Gasteiger partial charge is 0.446 e. The molecule has 1 aromatic carbocycles. The number of nitrogens with zero attached hydrogens (tertiary/aromatic N) is 1. The number of amides is 2. The number of benzene rings is 1. The fourth-order valence-corrected chi connectivity index (χ4v) is 3.02. The molecule has 2 aromatic rings. The standard InChI is InChI=1S/C21H28N4O3/c1-13(14-8-6-5-7-9-14)22-20(27)28-16-10-15(11-16)17-12-18(25-24-17)23-19(26)21(2,3)4/h5-9,12-13,15-16H,10-11H2,1-4H3,(H,22,27)(H2,23,24,25,26)/t13-,15?,16?/m1/s1. The minimum atomic E-state index is -0.473. The second kappa shape index (κ2) is 8.04. The van der Waals surface area contributed by atoms with Gasteiger partial charge in [0.2, 0.25) is 5.91 Å². The van der Waals surface area contributed by atoms with Crippen molar-refractivity contribution in [2.45, 2.75) is 58.6 Å². The number of aromatic amines is 1. The highest BCUT2D eigenvalue weighted by molar-refractivity contribution is 5.93. The predicted octanol–water partition coefficient (Wildman–Crippen LogP) is 4.13. The van der Waals surface area contributed by atoms with Gasteiger partial charge in [0.05, 0.1) is 6.04 Å². The summed E-state index contributed by atoms with van der Waals surface area (Å²) in [6.45, 7) is 7.49. The van der Waals surface area contributed by atoms with E-state index < -0.39 is 11.5 Å². The van der Waals surface area contributed by atoms with Gasteiger partial charge in [-0.25, -0.2) is 4.79 Å². The van der Waals surface area contributed by atoms with Crippen molar-refractivity contribution in [3.8, 4) is 0 Å². The molecule has 1 heterocycles. The number of anilines is 1. The van der Waals surface area contributed by atoms with Crippen LogP contribution in [0.4, 0.5) is 10.6 Å². The van der Waals surface area contributed by atoms with Gasteiger partial charge < -0.3 is 15.4 Å². The van der Waals surface area contributed by atoms with Crippen LogP contribution in [0.3, 0.4) is 0 Å². The van der Waals surface area contributed by atoms with E-state index in [4.69, 9.17) is 4.74 Å². The molecule has 3 rings (SSSR count). The third kappa shape index (κ3) is 4.91. The minimum Gasteiger partial charge on any atom is -0.446 e. The van der Waals surface area contributed by atoms with Gasteiger partial charge in [-0.05, 0) is 25.3 Å². The molecule has 1 aliphatic rings. The van der Waals surface area contributed by atoms with Crippen molar-refractivity contribution in [2.75, 3.05) is 5.32 Å². The van der Waals surface area contributed by atoms with E-state index in [-0.39, 0.29) is 24.0 Å². The van der Waals surface area contributed by atoms with Crippen molar-refractivity contribution in [1.29, 1.82) is 0 Å². The Morgan fingerprint density at radius 3 is 2.54 bits per heavy atom. The summed E-state index contributed by atoms with van der Waals surface area (Å²) >= 11 is 0. The van der Waals surface area contributed by atoms with Crippen molar-refractivity contribution in [3.63, 3.8) is 0 Å². The first-order valence-electron chi connectivity index (χ1n) is 9.61. The number of hydrogen-bond acceptors (Lipinski definition) is 4. The van der Waals surface area contributed by atoms with E-state index in [1.54, 1.807) is 0 Å². The van der Waals surface area contributed by atoms with Crippen molar-refractivity contribution < 1.29 is 14.3 Å². The molecule has 0 spiro atoms. The molecule has 1 aromatic heterocycles. The summed E-state index contributed by atoms with van der Waals surface area (Å²) in [7, 11) is 0. The Bertz CT molecular complexity index is 820. The van der Waals surface area contributed by atoms with Crippen LogP contribution in [0.5, 0.6) is 0 Å². The molecular formula is C21H28N4O3. The molecule has 0 bridgehead atoms. The van der Waals surface area contributed by atoms with Crippen LogP contribution < -0.4 is 10.6 Å². The van der Waals surface area contributed by atoms with E-state index >= 15 is 0 Å². The molecule has 0 aliphatic heterocycles. The molecule has 7 heteroatoms. The normalized spacial score (nSPS) is 20.0. The monoisotopic (exact) mass is 384 g/mol. The van der Waals surface area contributed by atoms with Gasteiger partial charge >= 0.3 is 6.09 Å². The molecule has 150 valence electrons. The lowest BCUT2D eigenvalue weighted by molar-refractivity contribution is -0.123. The Morgan fingerprint density at radius 1 is 1.21 bits per heavy atom. The summed E-state index contributed by atoms with van der Waals surface area (Å²) in [5.74, 6) is 0.690. The zero-order valence-corrected chi connectivity index (χ0v) is 16.8. The fourth-order valence-electron chi connectivity index (χ4n) is 3.02. The number of aromatic nitrogens is 2. The maximum Gasteiger partial charge on any atom is 0.407 e. The van der Waals surface area contributed by atoms with Gasteiger partial charge in [-0.15, -0.1) is 0 Å². The molecule has 1 atom stereocenters. The highest BCUT2D eigenvalue weighted by Gasteiger charge is 2.35. The first-order chi connectivity index (χ1) is 13.2. The summed E-state index contributed by atoms with van der Waals surface area (Å²) in [4.78, 5) is 24.1. The van der Waals surface area contributed by atoms with Gasteiger partial charge in [0.1, 0.15) is 6.10 Å². The van der Waals surface area contributed by atoms with E-state index in [0.29, 0.717) is 5.82 Å². The summed E-state index contributed by atoms with van der Waals surface area (Å²) in [6, 6.07) is 11.5. The molecule has 1 aliphatic carbocycles.